The Morgan fingerprint density at radius 2 is 1.89 bits per heavy atom. The first-order valence-electron chi connectivity index (χ1n) is 7.65. The lowest BCUT2D eigenvalue weighted by molar-refractivity contribution is -0.138. The molecule has 0 saturated heterocycles. The standard InChI is InChI=1S/C18H15F2NO5S/c1-9(22)21-15(8-27)18(25)26-16-5-2-10(6-13(16)17(23)24)12-4-3-11(19)7-14(12)20/h2-7,15,27H,8H2,1H3,(H,21,22)(H,23,24)/t15-/m0/s1. The first-order valence-corrected chi connectivity index (χ1v) is 8.28. The maximum atomic E-state index is 13.9. The summed E-state index contributed by atoms with van der Waals surface area (Å²) < 4.78 is 32.0. The third kappa shape index (κ3) is 5.04. The predicted octanol–water partition coefficient (Wildman–Crippen LogP) is 2.67. The number of amides is 1. The molecular weight excluding hydrogens is 380 g/mol. The van der Waals surface area contributed by atoms with Gasteiger partial charge < -0.3 is 15.2 Å². The van der Waals surface area contributed by atoms with Gasteiger partial charge in [-0.1, -0.05) is 6.07 Å². The van der Waals surface area contributed by atoms with Gasteiger partial charge in [0.2, 0.25) is 5.91 Å². The fraction of sp³-hybridized carbons (Fsp3) is 0.167. The van der Waals surface area contributed by atoms with Crippen LogP contribution in [0.25, 0.3) is 11.1 Å². The minimum absolute atomic E-state index is 0.0109. The van der Waals surface area contributed by atoms with Crippen molar-refractivity contribution in [3.8, 4) is 16.9 Å². The van der Waals surface area contributed by atoms with E-state index in [1.165, 1.54) is 25.1 Å². The highest BCUT2D eigenvalue weighted by Gasteiger charge is 2.23. The molecule has 27 heavy (non-hydrogen) atoms. The van der Waals surface area contributed by atoms with E-state index in [1.54, 1.807) is 0 Å². The quantitative estimate of drug-likeness (QED) is 0.397. The third-order valence-electron chi connectivity index (χ3n) is 3.51. The number of hydrogen-bond donors (Lipinski definition) is 3. The predicted molar refractivity (Wildman–Crippen MR) is 95.8 cm³/mol. The van der Waals surface area contributed by atoms with Gasteiger partial charge in [-0.3, -0.25) is 4.79 Å². The number of carboxylic acids is 1. The van der Waals surface area contributed by atoms with Gasteiger partial charge in [0, 0.05) is 24.3 Å². The van der Waals surface area contributed by atoms with Crippen molar-refractivity contribution in [1.29, 1.82) is 0 Å². The van der Waals surface area contributed by atoms with E-state index >= 15 is 0 Å². The first kappa shape index (κ1) is 20.4. The van der Waals surface area contributed by atoms with Gasteiger partial charge in [0.05, 0.1) is 0 Å². The molecule has 0 saturated carbocycles. The number of nitrogens with one attached hydrogen (secondary N) is 1. The third-order valence-corrected chi connectivity index (χ3v) is 3.87. The number of carbonyl (C=O) groups is 3. The normalized spacial score (nSPS) is 11.6. The lowest BCUT2D eigenvalue weighted by Crippen LogP contribution is -2.43. The second kappa shape index (κ2) is 8.63. The highest BCUT2D eigenvalue weighted by molar-refractivity contribution is 7.80. The molecule has 6 nitrogen and oxygen atoms in total. The van der Waals surface area contributed by atoms with E-state index in [-0.39, 0.29) is 22.6 Å². The molecule has 1 amide bonds. The van der Waals surface area contributed by atoms with Crippen LogP contribution in [-0.4, -0.2) is 34.7 Å². The molecule has 0 aliphatic heterocycles. The molecule has 0 bridgehead atoms. The molecule has 0 unspecified atom stereocenters. The van der Waals surface area contributed by atoms with Crippen LogP contribution in [0.4, 0.5) is 8.78 Å². The fourth-order valence-electron chi connectivity index (χ4n) is 2.28. The smallest absolute Gasteiger partial charge is 0.339 e. The van der Waals surface area contributed by atoms with Gasteiger partial charge in [-0.05, 0) is 29.8 Å². The van der Waals surface area contributed by atoms with Crippen LogP contribution >= 0.6 is 12.6 Å². The second-order valence-corrected chi connectivity index (χ2v) is 5.86. The highest BCUT2D eigenvalue weighted by Crippen LogP contribution is 2.29. The fourth-order valence-corrected chi connectivity index (χ4v) is 2.52. The van der Waals surface area contributed by atoms with Crippen molar-refractivity contribution in [2.45, 2.75) is 13.0 Å². The second-order valence-electron chi connectivity index (χ2n) is 5.50. The Balaban J connectivity index is 2.37. The van der Waals surface area contributed by atoms with E-state index in [0.717, 1.165) is 12.1 Å². The van der Waals surface area contributed by atoms with E-state index in [4.69, 9.17) is 4.74 Å². The topological polar surface area (TPSA) is 92.7 Å². The Kier molecular flexibility index (Phi) is 6.51. The number of halogens is 2. The number of carboxylic acid groups (broad SMARTS) is 1. The van der Waals surface area contributed by atoms with Crippen LogP contribution < -0.4 is 10.1 Å². The number of aromatic carboxylic acids is 1. The molecule has 2 aromatic carbocycles. The zero-order valence-electron chi connectivity index (χ0n) is 14.0. The van der Waals surface area contributed by atoms with Crippen LogP contribution in [-0.2, 0) is 9.59 Å². The van der Waals surface area contributed by atoms with E-state index in [9.17, 15) is 28.3 Å². The minimum Gasteiger partial charge on any atom is -0.478 e. The Bertz CT molecular complexity index is 903. The molecule has 0 aromatic heterocycles. The maximum Gasteiger partial charge on any atom is 0.339 e. The Labute approximate surface area is 158 Å². The van der Waals surface area contributed by atoms with Crippen LogP contribution in [0, 0.1) is 11.6 Å². The van der Waals surface area contributed by atoms with Crippen LogP contribution in [0.3, 0.4) is 0 Å². The minimum atomic E-state index is -1.41. The van der Waals surface area contributed by atoms with Gasteiger partial charge in [0.1, 0.15) is 29.0 Å². The van der Waals surface area contributed by atoms with Gasteiger partial charge in [-0.25, -0.2) is 18.4 Å². The number of hydrogen-bond acceptors (Lipinski definition) is 5. The number of rotatable bonds is 6. The molecule has 2 N–H and O–H groups in total. The van der Waals surface area contributed by atoms with Crippen molar-refractivity contribution < 1.29 is 33.0 Å². The molecule has 0 radical (unpaired) electrons. The lowest BCUT2D eigenvalue weighted by atomic mass is 10.0. The number of thiol groups is 1. The van der Waals surface area contributed by atoms with E-state index in [0.29, 0.717) is 6.07 Å². The van der Waals surface area contributed by atoms with Crippen molar-refractivity contribution in [2.75, 3.05) is 5.75 Å². The molecule has 0 heterocycles. The summed E-state index contributed by atoms with van der Waals surface area (Å²) in [5.41, 5.74) is -0.245. The Morgan fingerprint density at radius 1 is 1.19 bits per heavy atom. The lowest BCUT2D eigenvalue weighted by Gasteiger charge is -2.16. The van der Waals surface area contributed by atoms with Crippen molar-refractivity contribution in [3.63, 3.8) is 0 Å². The summed E-state index contributed by atoms with van der Waals surface area (Å²) in [6, 6.07) is 5.44. The summed E-state index contributed by atoms with van der Waals surface area (Å²) >= 11 is 3.94. The van der Waals surface area contributed by atoms with E-state index in [1.807, 2.05) is 0 Å². The van der Waals surface area contributed by atoms with Crippen LogP contribution in [0.2, 0.25) is 0 Å². The number of ether oxygens (including phenoxy) is 1. The number of esters is 1. The van der Waals surface area contributed by atoms with Crippen molar-refractivity contribution in [1.82, 2.24) is 5.32 Å². The zero-order chi connectivity index (χ0) is 20.1. The van der Waals surface area contributed by atoms with E-state index < -0.39 is 41.1 Å². The summed E-state index contributed by atoms with van der Waals surface area (Å²) in [7, 11) is 0. The van der Waals surface area contributed by atoms with Gasteiger partial charge in [-0.2, -0.15) is 12.6 Å². The number of carbonyl (C=O) groups excluding carboxylic acids is 2. The maximum absolute atomic E-state index is 13.9. The van der Waals surface area contributed by atoms with Gasteiger partial charge in [0.15, 0.2) is 0 Å². The number of benzene rings is 2. The summed E-state index contributed by atoms with van der Waals surface area (Å²) in [5.74, 6) is -4.76. The summed E-state index contributed by atoms with van der Waals surface area (Å²) in [5, 5.41) is 11.7. The SMILES string of the molecule is CC(=O)N[C@@H](CS)C(=O)Oc1ccc(-c2ccc(F)cc2F)cc1C(=O)O. The average molecular weight is 395 g/mol. The Morgan fingerprint density at radius 3 is 2.44 bits per heavy atom. The van der Waals surface area contributed by atoms with Crippen molar-refractivity contribution >= 4 is 30.5 Å². The molecule has 0 aliphatic carbocycles. The highest BCUT2D eigenvalue weighted by atomic mass is 32.1. The molecule has 142 valence electrons. The zero-order valence-corrected chi connectivity index (χ0v) is 14.9. The molecule has 0 spiro atoms. The molecule has 0 fully saturated rings. The molecule has 0 aliphatic rings. The first-order chi connectivity index (χ1) is 12.7. The van der Waals surface area contributed by atoms with Crippen LogP contribution in [0.15, 0.2) is 36.4 Å². The summed E-state index contributed by atoms with van der Waals surface area (Å²) in [4.78, 5) is 34.7. The molecule has 2 rings (SSSR count). The van der Waals surface area contributed by atoms with Crippen LogP contribution in [0.5, 0.6) is 5.75 Å². The van der Waals surface area contributed by atoms with Gasteiger partial charge >= 0.3 is 11.9 Å². The monoisotopic (exact) mass is 395 g/mol. The summed E-state index contributed by atoms with van der Waals surface area (Å²) in [6.45, 7) is 1.21. The van der Waals surface area contributed by atoms with E-state index in [2.05, 4.69) is 17.9 Å². The van der Waals surface area contributed by atoms with Gasteiger partial charge in [-0.15, -0.1) is 0 Å². The largest absolute Gasteiger partial charge is 0.478 e. The average Bonchev–Trinajstić information content (AvgIpc) is 2.59. The molecule has 1 atom stereocenters. The summed E-state index contributed by atoms with van der Waals surface area (Å²) in [6.07, 6.45) is 0. The van der Waals surface area contributed by atoms with Crippen molar-refractivity contribution in [2.24, 2.45) is 0 Å². The molecule has 2 aromatic rings. The van der Waals surface area contributed by atoms with Gasteiger partial charge in [0.25, 0.3) is 0 Å². The van der Waals surface area contributed by atoms with Crippen molar-refractivity contribution in [3.05, 3.63) is 53.6 Å². The Hall–Kier alpha value is -2.94. The van der Waals surface area contributed by atoms with Crippen LogP contribution in [0.1, 0.15) is 17.3 Å². The molecule has 9 heteroatoms. The molecular formula is C18H15F2NO5S.